The van der Waals surface area contributed by atoms with Crippen LogP contribution in [0.25, 0.3) is 122 Å². The van der Waals surface area contributed by atoms with Gasteiger partial charge in [0.15, 0.2) is 17.3 Å². The Hall–Kier alpha value is -10.6. The summed E-state index contributed by atoms with van der Waals surface area (Å²) in [6, 6.07) is 80.7. The first-order valence-corrected chi connectivity index (χ1v) is 23.7. The summed E-state index contributed by atoms with van der Waals surface area (Å²) in [5.74, 6) is 0.787. The Morgan fingerprint density at radius 3 is 1.15 bits per heavy atom. The Kier molecular flexibility index (Phi) is 11.2. The van der Waals surface area contributed by atoms with Crippen molar-refractivity contribution in [3.63, 3.8) is 0 Å². The lowest BCUT2D eigenvalue weighted by atomic mass is 9.98. The SMILES string of the molecule is [C-]#[N+]c1cccc(-c2ccc3c4ccc(-c5cccc(C#N)c5)cc4n(-c4c(-c5nc(-c6ccccc6)cc(-c6ccccc6)n5)cc(C#N)cc4-c4nc(-c5ccccc5)cc(-c5ccccc5)n4)c3c2)c1. The Morgan fingerprint density at radius 1 is 0.356 bits per heavy atom. The second-order valence-corrected chi connectivity index (χ2v) is 17.6. The van der Waals surface area contributed by atoms with Crippen LogP contribution in [-0.4, -0.2) is 24.5 Å². The van der Waals surface area contributed by atoms with Crippen molar-refractivity contribution in [3.05, 3.63) is 253 Å². The van der Waals surface area contributed by atoms with Crippen molar-refractivity contribution in [1.29, 1.82) is 10.5 Å². The van der Waals surface area contributed by atoms with Crippen LogP contribution in [0.15, 0.2) is 231 Å². The van der Waals surface area contributed by atoms with Crippen LogP contribution < -0.4 is 0 Å². The topological polar surface area (TPSA) is 108 Å². The molecule has 0 spiro atoms. The molecule has 0 N–H and O–H groups in total. The van der Waals surface area contributed by atoms with Crippen molar-refractivity contribution >= 4 is 27.5 Å². The van der Waals surface area contributed by atoms with Crippen molar-refractivity contribution in [2.45, 2.75) is 0 Å². The van der Waals surface area contributed by atoms with Gasteiger partial charge in [0.05, 0.1) is 69.3 Å². The number of nitrogens with zero attached hydrogens (tertiary/aromatic N) is 8. The highest BCUT2D eigenvalue weighted by Crippen LogP contribution is 2.44. The lowest BCUT2D eigenvalue weighted by molar-refractivity contribution is 1.12. The second-order valence-electron chi connectivity index (χ2n) is 17.6. The Bertz CT molecular complexity index is 3840. The second kappa shape index (κ2) is 18.7. The van der Waals surface area contributed by atoms with Crippen LogP contribution >= 0.6 is 0 Å². The van der Waals surface area contributed by atoms with E-state index in [1.807, 2.05) is 188 Å². The van der Waals surface area contributed by atoms with E-state index in [1.165, 1.54) is 0 Å². The minimum atomic E-state index is 0.366. The summed E-state index contributed by atoms with van der Waals surface area (Å²) in [5.41, 5.74) is 15.0. The molecule has 9 aromatic carbocycles. The van der Waals surface area contributed by atoms with Crippen LogP contribution in [-0.2, 0) is 0 Å². The Labute approximate surface area is 421 Å². The van der Waals surface area contributed by atoms with E-state index >= 15 is 0 Å². The predicted octanol–water partition coefficient (Wildman–Crippen LogP) is 16.0. The predicted molar refractivity (Wildman–Crippen MR) is 291 cm³/mol. The molecule has 3 aromatic heterocycles. The molecule has 0 unspecified atom stereocenters. The molecule has 0 bridgehead atoms. The molecule has 0 aliphatic heterocycles. The van der Waals surface area contributed by atoms with E-state index in [0.29, 0.717) is 68.1 Å². The van der Waals surface area contributed by atoms with E-state index < -0.39 is 0 Å². The zero-order chi connectivity index (χ0) is 49.3. The molecule has 0 atom stereocenters. The van der Waals surface area contributed by atoms with Gasteiger partial charge in [-0.25, -0.2) is 24.8 Å². The summed E-state index contributed by atoms with van der Waals surface area (Å²) in [7, 11) is 0. The van der Waals surface area contributed by atoms with Gasteiger partial charge in [0, 0.05) is 44.2 Å². The maximum Gasteiger partial charge on any atom is 0.187 e. The van der Waals surface area contributed by atoms with Crippen LogP contribution in [0.1, 0.15) is 11.1 Å². The standard InChI is InChI=1S/C65H38N8/c1-68-52-27-15-26-49(35-52)51-29-31-54-53-30-28-50(48-25-14-16-42(32-48)40-66)36-61(53)73(62(54)37-51)63-55(64-69-57(44-17-6-2-7-18-44)38-58(70-64)45-19-8-3-9-20-45)33-43(41-67)34-56(63)65-71-59(46-21-10-4-11-22-46)39-60(72-65)47-23-12-5-13-24-47/h2-39H. The van der Waals surface area contributed by atoms with Crippen molar-refractivity contribution < 1.29 is 0 Å². The van der Waals surface area contributed by atoms with Gasteiger partial charge in [0.25, 0.3) is 0 Å². The van der Waals surface area contributed by atoms with Gasteiger partial charge in [0.2, 0.25) is 0 Å². The van der Waals surface area contributed by atoms with Crippen LogP contribution in [0.3, 0.4) is 0 Å². The summed E-state index contributed by atoms with van der Waals surface area (Å²) in [6.07, 6.45) is 0. The monoisotopic (exact) mass is 930 g/mol. The first kappa shape index (κ1) is 43.7. The molecule has 0 saturated carbocycles. The summed E-state index contributed by atoms with van der Waals surface area (Å²) >= 11 is 0. The molecule has 0 saturated heterocycles. The molecule has 8 nitrogen and oxygen atoms in total. The van der Waals surface area contributed by atoms with Gasteiger partial charge in [-0.1, -0.05) is 176 Å². The van der Waals surface area contributed by atoms with Gasteiger partial charge in [-0.3, -0.25) is 0 Å². The molecule has 0 aliphatic rings. The molecule has 8 heteroatoms. The van der Waals surface area contributed by atoms with Crippen molar-refractivity contribution in [1.82, 2.24) is 24.5 Å². The average molecular weight is 931 g/mol. The maximum absolute atomic E-state index is 11.1. The molecule has 73 heavy (non-hydrogen) atoms. The molecular weight excluding hydrogens is 893 g/mol. The molecule has 338 valence electrons. The first-order chi connectivity index (χ1) is 36.0. The van der Waals surface area contributed by atoms with Crippen LogP contribution in [0.5, 0.6) is 0 Å². The van der Waals surface area contributed by atoms with Crippen LogP contribution in [0, 0.1) is 29.2 Å². The number of fused-ring (bicyclic) bond motifs is 3. The third-order valence-electron chi connectivity index (χ3n) is 13.1. The fourth-order valence-corrected chi connectivity index (χ4v) is 9.59. The molecule has 12 rings (SSSR count). The smallest absolute Gasteiger partial charge is 0.187 e. The molecule has 0 fully saturated rings. The number of benzene rings is 9. The zero-order valence-corrected chi connectivity index (χ0v) is 39.0. The van der Waals surface area contributed by atoms with Crippen LogP contribution in [0.2, 0.25) is 0 Å². The number of hydrogen-bond acceptors (Lipinski definition) is 6. The van der Waals surface area contributed by atoms with E-state index in [-0.39, 0.29) is 0 Å². The van der Waals surface area contributed by atoms with Gasteiger partial charge < -0.3 is 4.57 Å². The lowest BCUT2D eigenvalue weighted by Crippen LogP contribution is -2.07. The number of aromatic nitrogens is 5. The lowest BCUT2D eigenvalue weighted by Gasteiger charge is -2.20. The summed E-state index contributed by atoms with van der Waals surface area (Å²) in [4.78, 5) is 25.4. The molecule has 3 heterocycles. The number of rotatable bonds is 9. The Morgan fingerprint density at radius 2 is 0.740 bits per heavy atom. The van der Waals surface area contributed by atoms with Gasteiger partial charge in [-0.15, -0.1) is 0 Å². The Balaban J connectivity index is 1.26. The third-order valence-corrected chi connectivity index (χ3v) is 13.1. The highest BCUT2D eigenvalue weighted by atomic mass is 15.0. The van der Waals surface area contributed by atoms with Gasteiger partial charge in [-0.05, 0) is 76.9 Å². The molecular formula is C65H38N8. The summed E-state index contributed by atoms with van der Waals surface area (Å²) < 4.78 is 2.23. The number of hydrogen-bond donors (Lipinski definition) is 0. The summed E-state index contributed by atoms with van der Waals surface area (Å²) in [5, 5.41) is 23.0. The van der Waals surface area contributed by atoms with Crippen molar-refractivity contribution in [3.8, 4) is 108 Å². The fourth-order valence-electron chi connectivity index (χ4n) is 9.59. The van der Waals surface area contributed by atoms with E-state index in [4.69, 9.17) is 26.5 Å². The van der Waals surface area contributed by atoms with Gasteiger partial charge in [0.1, 0.15) is 0 Å². The normalized spacial score (nSPS) is 11.0. The van der Waals surface area contributed by atoms with E-state index in [2.05, 4.69) is 57.9 Å². The average Bonchev–Trinajstić information content (AvgIpc) is 3.80. The first-order valence-electron chi connectivity index (χ1n) is 23.7. The molecule has 0 radical (unpaired) electrons. The summed E-state index contributed by atoms with van der Waals surface area (Å²) in [6.45, 7) is 7.85. The van der Waals surface area contributed by atoms with Gasteiger partial charge in [-0.2, -0.15) is 10.5 Å². The largest absolute Gasteiger partial charge is 0.308 e. The molecule has 0 aliphatic carbocycles. The van der Waals surface area contributed by atoms with Crippen LogP contribution in [0.4, 0.5) is 5.69 Å². The highest BCUT2D eigenvalue weighted by molar-refractivity contribution is 6.12. The molecule has 12 aromatic rings. The minimum absolute atomic E-state index is 0.366. The number of nitriles is 2. The van der Waals surface area contributed by atoms with Crippen molar-refractivity contribution in [2.75, 3.05) is 0 Å². The maximum atomic E-state index is 11.1. The quantitative estimate of drug-likeness (QED) is 0.133. The highest BCUT2D eigenvalue weighted by Gasteiger charge is 2.26. The molecule has 0 amide bonds. The van der Waals surface area contributed by atoms with Crippen molar-refractivity contribution in [2.24, 2.45) is 0 Å². The van der Waals surface area contributed by atoms with E-state index in [0.717, 1.165) is 66.3 Å². The third kappa shape index (κ3) is 8.32. The van der Waals surface area contributed by atoms with E-state index in [9.17, 15) is 10.5 Å². The van der Waals surface area contributed by atoms with Gasteiger partial charge >= 0.3 is 0 Å². The fraction of sp³-hybridized carbons (Fsp3) is 0. The zero-order valence-electron chi connectivity index (χ0n) is 39.0. The minimum Gasteiger partial charge on any atom is -0.308 e. The van der Waals surface area contributed by atoms with E-state index in [1.54, 1.807) is 6.07 Å².